The number of rotatable bonds is 4. The van der Waals surface area contributed by atoms with E-state index in [0.29, 0.717) is 5.67 Å². The van der Waals surface area contributed by atoms with Gasteiger partial charge in [0.05, 0.1) is 0 Å². The van der Waals surface area contributed by atoms with E-state index in [1.54, 1.807) is 6.55 Å². The Morgan fingerprint density at radius 2 is 0.737 bits per heavy atom. The fourth-order valence-corrected chi connectivity index (χ4v) is 36.1. The second-order valence-electron chi connectivity index (χ2n) is 3.27. The summed E-state index contributed by atoms with van der Waals surface area (Å²) >= 11 is 60.9. The van der Waals surface area contributed by atoms with E-state index >= 15 is 0 Å². The molecule has 0 rings (SSSR count). The maximum Gasteiger partial charge on any atom is 0.342 e. The highest BCUT2D eigenvalue weighted by Crippen LogP contribution is 2.36. The Morgan fingerprint density at radius 1 is 0.526 bits per heavy atom. The quantitative estimate of drug-likeness (QED) is 0.240. The van der Waals surface area contributed by atoms with Gasteiger partial charge < -0.3 is 0 Å². The van der Waals surface area contributed by atoms with Crippen LogP contribution in [-0.2, 0) is 0 Å². The second-order valence-corrected chi connectivity index (χ2v) is 40.2. The van der Waals surface area contributed by atoms with E-state index in [9.17, 15) is 0 Å². The molecule has 0 aliphatic heterocycles. The number of hydrogen-bond acceptors (Lipinski definition) is 0. The van der Waals surface area contributed by atoms with Crippen molar-refractivity contribution >= 4 is 147 Å². The van der Waals surface area contributed by atoms with Crippen molar-refractivity contribution in [3.63, 3.8) is 0 Å². The third-order valence-electron chi connectivity index (χ3n) is 0.912. The van der Waals surface area contributed by atoms with Crippen LogP contribution in [0.2, 0.25) is 17.9 Å². The lowest BCUT2D eigenvalue weighted by Crippen LogP contribution is -2.25. The fourth-order valence-electron chi connectivity index (χ4n) is 0.579. The molecule has 0 unspecified atom stereocenters. The molecule has 0 aromatic heterocycles. The van der Waals surface area contributed by atoms with Gasteiger partial charge >= 0.3 is 18.0 Å². The summed E-state index contributed by atoms with van der Waals surface area (Å²) in [5.74, 6) is 0. The van der Waals surface area contributed by atoms with Crippen molar-refractivity contribution in [1.29, 1.82) is 0 Å². The Kier molecular flexibility index (Phi) is 15.9. The van der Waals surface area contributed by atoms with Crippen LogP contribution in [0.25, 0.3) is 0 Å². The van der Waals surface area contributed by atoms with Crippen LogP contribution in [0.1, 0.15) is 7.43 Å². The molecule has 0 spiro atoms. The lowest BCUT2D eigenvalue weighted by molar-refractivity contribution is 1.90. The van der Waals surface area contributed by atoms with E-state index in [2.05, 4.69) is 0 Å². The van der Waals surface area contributed by atoms with Gasteiger partial charge in [-0.1, -0.05) is 7.43 Å². The van der Waals surface area contributed by atoms with Gasteiger partial charge in [-0.25, -0.2) is 0 Å². The third-order valence-corrected chi connectivity index (χ3v) is 21.4. The van der Waals surface area contributed by atoms with Crippen LogP contribution in [0.3, 0.4) is 0 Å². The Labute approximate surface area is 169 Å². The van der Waals surface area contributed by atoms with E-state index in [4.69, 9.17) is 122 Å². The smallest absolute Gasteiger partial charge is 0.146 e. The molecule has 0 aliphatic rings. The molecule has 0 bridgehead atoms. The third kappa shape index (κ3) is 34.4. The van der Waals surface area contributed by atoms with Crippen LogP contribution < -0.4 is 0 Å². The van der Waals surface area contributed by atoms with Crippen LogP contribution in [-0.4, -0.2) is 24.7 Å². The molecule has 0 aromatic rings. The van der Waals surface area contributed by atoms with E-state index in [1.807, 2.05) is 0 Å². The van der Waals surface area contributed by atoms with Gasteiger partial charge in [0.2, 0.25) is 6.69 Å². The van der Waals surface area contributed by atoms with E-state index in [1.165, 1.54) is 0 Å². The van der Waals surface area contributed by atoms with Gasteiger partial charge in [0.15, 0.2) is 0 Å². The highest BCUT2D eigenvalue weighted by Gasteiger charge is 2.39. The molecule has 0 fully saturated rings. The van der Waals surface area contributed by atoms with Gasteiger partial charge in [0, 0.05) is 11.3 Å². The monoisotopic (exact) mass is 556 g/mol. The van der Waals surface area contributed by atoms with Gasteiger partial charge in [-0.3, -0.25) is 0 Å². The summed E-state index contributed by atoms with van der Waals surface area (Å²) in [6.07, 6.45) is 0. The topological polar surface area (TPSA) is 0 Å². The predicted octanol–water partition coefficient (Wildman–Crippen LogP) is 8.20. The molecular formula is C4H11Cl11Si4. The van der Waals surface area contributed by atoms with Crippen LogP contribution in [0, 0.1) is 0 Å². The number of halogens is 11. The van der Waals surface area contributed by atoms with Crippen molar-refractivity contribution in [3.05, 3.63) is 0 Å². The molecule has 0 aliphatic carbocycles. The standard InChI is InChI=1S/C2H5Cl5Si2.CH2Cl6Si2.CH4/c1-8(3,4)2-9(5,6)7;2-8(3,4)1-9(5,6)7;/h2H2,1H3;1H2;1H4. The Morgan fingerprint density at radius 3 is 0.737 bits per heavy atom. The normalized spacial score (nSPS) is 13.3. The van der Waals surface area contributed by atoms with Gasteiger partial charge in [-0.05, 0) is 6.55 Å². The molecule has 0 radical (unpaired) electrons. The van der Waals surface area contributed by atoms with Gasteiger partial charge in [0.1, 0.15) is 0 Å². The van der Waals surface area contributed by atoms with Crippen LogP contribution in [0.5, 0.6) is 0 Å². The van der Waals surface area contributed by atoms with Crippen molar-refractivity contribution in [2.24, 2.45) is 0 Å². The summed E-state index contributed by atoms with van der Waals surface area (Å²) in [5, 5.41) is 0. The summed E-state index contributed by atoms with van der Waals surface area (Å²) < 4.78 is 0. The molecular weight excluding hydrogens is 550 g/mol. The molecule has 19 heavy (non-hydrogen) atoms. The van der Waals surface area contributed by atoms with Crippen molar-refractivity contribution < 1.29 is 0 Å². The summed E-state index contributed by atoms with van der Waals surface area (Å²) in [7, 11) is 0. The first kappa shape index (κ1) is 27.9. The van der Waals surface area contributed by atoms with E-state index < -0.39 is 24.7 Å². The van der Waals surface area contributed by atoms with Crippen molar-refractivity contribution in [1.82, 2.24) is 0 Å². The van der Waals surface area contributed by atoms with Crippen LogP contribution >= 0.6 is 122 Å². The molecule has 0 nitrogen and oxygen atoms in total. The first-order valence-electron chi connectivity index (χ1n) is 3.99. The maximum atomic E-state index is 5.70. The predicted molar refractivity (Wildman–Crippen MR) is 110 cm³/mol. The first-order chi connectivity index (χ1) is 7.41. The molecule has 0 amide bonds. The highest BCUT2D eigenvalue weighted by atomic mass is 35.9. The Bertz CT molecular complexity index is 183. The lowest BCUT2D eigenvalue weighted by Gasteiger charge is -2.13. The molecule has 120 valence electrons. The molecule has 0 saturated heterocycles. The summed E-state index contributed by atoms with van der Waals surface area (Å²) in [4.78, 5) is 0. The Hall–Kier alpha value is 4.06. The Balaban J connectivity index is -0.000000256. The molecule has 0 saturated carbocycles. The average molecular weight is 561 g/mol. The van der Waals surface area contributed by atoms with Crippen molar-refractivity contribution in [3.8, 4) is 0 Å². The minimum Gasteiger partial charge on any atom is -0.146 e. The molecule has 0 atom stereocenters. The minimum absolute atomic E-state index is 0. The highest BCUT2D eigenvalue weighted by molar-refractivity contribution is 7.75. The molecule has 0 aromatic carbocycles. The van der Waals surface area contributed by atoms with Gasteiger partial charge in [0.25, 0.3) is 0 Å². The summed E-state index contributed by atoms with van der Waals surface area (Å²) in [6, 6.07) is -8.00. The van der Waals surface area contributed by atoms with Crippen LogP contribution in [0.4, 0.5) is 0 Å². The zero-order chi connectivity index (χ0) is 15.4. The fraction of sp³-hybridized carbons (Fsp3) is 1.00. The zero-order valence-corrected chi connectivity index (χ0v) is 20.9. The van der Waals surface area contributed by atoms with Crippen LogP contribution in [0.15, 0.2) is 0 Å². The lowest BCUT2D eigenvalue weighted by atomic mass is 11.8. The average Bonchev–Trinajstić information content (AvgIpc) is 1.64. The zero-order valence-electron chi connectivity index (χ0n) is 8.57. The van der Waals surface area contributed by atoms with Crippen molar-refractivity contribution in [2.45, 2.75) is 25.3 Å². The van der Waals surface area contributed by atoms with Crippen molar-refractivity contribution in [2.75, 3.05) is 0 Å². The second kappa shape index (κ2) is 10.8. The van der Waals surface area contributed by atoms with Gasteiger partial charge in [-0.2, -0.15) is 0 Å². The van der Waals surface area contributed by atoms with Gasteiger partial charge in [-0.15, -0.1) is 122 Å². The molecule has 0 heterocycles. The number of hydrogen-bond donors (Lipinski definition) is 0. The van der Waals surface area contributed by atoms with E-state index in [0.717, 1.165) is 0 Å². The maximum absolute atomic E-state index is 5.70. The minimum atomic E-state index is -2.71. The summed E-state index contributed by atoms with van der Waals surface area (Å²) in [5.41, 5.74) is 0.559. The molecule has 0 N–H and O–H groups in total. The largest absolute Gasteiger partial charge is 0.342 e. The van der Waals surface area contributed by atoms with E-state index in [-0.39, 0.29) is 13.1 Å². The summed E-state index contributed by atoms with van der Waals surface area (Å²) in [6.45, 7) is -0.441. The SMILES string of the molecule is C.C[Si](Cl)(Cl)C[Si](Cl)(Cl)Cl.Cl[Si](Cl)(Cl)C[Si](Cl)(Cl)Cl. The molecule has 15 heteroatoms. The first-order valence-corrected chi connectivity index (χ1v) is 24.5.